The van der Waals surface area contributed by atoms with Gasteiger partial charge in [0.1, 0.15) is 5.69 Å². The molecule has 6 heteroatoms. The van der Waals surface area contributed by atoms with Gasteiger partial charge in [-0.1, -0.05) is 31.2 Å². The number of benzene rings is 2. The van der Waals surface area contributed by atoms with Crippen LogP contribution in [0.25, 0.3) is 44.3 Å². The molecule has 0 aliphatic rings. The highest BCUT2D eigenvalue weighted by molar-refractivity contribution is 5.98. The molecule has 0 bridgehead atoms. The number of carbonyl (C=O) groups excluding carboxylic acids is 1. The van der Waals surface area contributed by atoms with E-state index in [4.69, 9.17) is 0 Å². The van der Waals surface area contributed by atoms with Gasteiger partial charge in [-0.3, -0.25) is 14.9 Å². The first kappa shape index (κ1) is 18.1. The van der Waals surface area contributed by atoms with Gasteiger partial charge in [-0.15, -0.1) is 0 Å². The molecule has 0 unspecified atom stereocenters. The Bertz CT molecular complexity index is 1330. The summed E-state index contributed by atoms with van der Waals surface area (Å²) in [6.45, 7) is 1.99. The number of aromatic amines is 2. The molecule has 3 aromatic heterocycles. The van der Waals surface area contributed by atoms with Crippen molar-refractivity contribution in [2.75, 3.05) is 5.32 Å². The third-order valence-electron chi connectivity index (χ3n) is 5.18. The van der Waals surface area contributed by atoms with E-state index < -0.39 is 0 Å². The molecule has 0 saturated heterocycles. The van der Waals surface area contributed by atoms with Gasteiger partial charge in [0.15, 0.2) is 0 Å². The van der Waals surface area contributed by atoms with Crippen molar-refractivity contribution in [3.63, 3.8) is 0 Å². The third-order valence-corrected chi connectivity index (χ3v) is 5.18. The number of para-hydroxylation sites is 1. The number of carbonyl (C=O) groups is 1. The smallest absolute Gasteiger partial charge is 0.224 e. The van der Waals surface area contributed by atoms with E-state index in [9.17, 15) is 4.79 Å². The second-order valence-corrected chi connectivity index (χ2v) is 7.36. The third kappa shape index (κ3) is 3.33. The first-order valence-electron chi connectivity index (χ1n) is 10.0. The minimum absolute atomic E-state index is 0.00262. The number of anilines is 1. The predicted octanol–water partition coefficient (Wildman–Crippen LogP) is 5.51. The van der Waals surface area contributed by atoms with Crippen LogP contribution in [0.2, 0.25) is 0 Å². The monoisotopic (exact) mass is 395 g/mol. The topological polar surface area (TPSA) is 86.5 Å². The highest BCUT2D eigenvalue weighted by Gasteiger charge is 2.12. The summed E-state index contributed by atoms with van der Waals surface area (Å²) >= 11 is 0. The van der Waals surface area contributed by atoms with Crippen LogP contribution in [0.1, 0.15) is 19.8 Å². The molecule has 5 aromatic rings. The molecule has 6 nitrogen and oxygen atoms in total. The van der Waals surface area contributed by atoms with E-state index in [0.29, 0.717) is 12.1 Å². The van der Waals surface area contributed by atoms with Crippen molar-refractivity contribution in [1.29, 1.82) is 0 Å². The summed E-state index contributed by atoms with van der Waals surface area (Å²) in [7, 11) is 0. The largest absolute Gasteiger partial charge is 0.353 e. The maximum atomic E-state index is 11.9. The average Bonchev–Trinajstić information content (AvgIpc) is 3.37. The summed E-state index contributed by atoms with van der Waals surface area (Å²) in [4.78, 5) is 19.7. The maximum Gasteiger partial charge on any atom is 0.224 e. The van der Waals surface area contributed by atoms with Crippen LogP contribution in [0.4, 0.5) is 5.69 Å². The molecular formula is C24H21N5O. The summed E-state index contributed by atoms with van der Waals surface area (Å²) in [5.74, 6) is 0.00262. The molecule has 1 amide bonds. The van der Waals surface area contributed by atoms with Gasteiger partial charge in [0.25, 0.3) is 0 Å². The number of amides is 1. The van der Waals surface area contributed by atoms with Crippen molar-refractivity contribution >= 4 is 33.4 Å². The van der Waals surface area contributed by atoms with E-state index >= 15 is 0 Å². The van der Waals surface area contributed by atoms with Gasteiger partial charge in [0, 0.05) is 34.5 Å². The maximum absolute atomic E-state index is 11.9. The Morgan fingerprint density at radius 3 is 2.77 bits per heavy atom. The highest BCUT2D eigenvalue weighted by atomic mass is 16.1. The molecule has 148 valence electrons. The zero-order valence-electron chi connectivity index (χ0n) is 16.6. The number of pyridine rings is 1. The molecule has 3 heterocycles. The second-order valence-electron chi connectivity index (χ2n) is 7.36. The van der Waals surface area contributed by atoms with Crippen molar-refractivity contribution in [1.82, 2.24) is 20.2 Å². The zero-order valence-corrected chi connectivity index (χ0v) is 16.6. The van der Waals surface area contributed by atoms with Gasteiger partial charge in [-0.2, -0.15) is 5.10 Å². The Morgan fingerprint density at radius 2 is 1.90 bits per heavy atom. The Morgan fingerprint density at radius 1 is 1.00 bits per heavy atom. The minimum atomic E-state index is 0.00262. The summed E-state index contributed by atoms with van der Waals surface area (Å²) < 4.78 is 0. The van der Waals surface area contributed by atoms with Gasteiger partial charge >= 0.3 is 0 Å². The van der Waals surface area contributed by atoms with Crippen molar-refractivity contribution < 1.29 is 4.79 Å². The molecule has 0 radical (unpaired) electrons. The average molecular weight is 395 g/mol. The van der Waals surface area contributed by atoms with E-state index in [0.717, 1.165) is 50.7 Å². The summed E-state index contributed by atoms with van der Waals surface area (Å²) in [6.07, 6.45) is 4.79. The fourth-order valence-electron chi connectivity index (χ4n) is 3.72. The molecule has 0 fully saturated rings. The van der Waals surface area contributed by atoms with E-state index in [1.165, 1.54) is 0 Å². The van der Waals surface area contributed by atoms with Crippen LogP contribution in [-0.2, 0) is 4.79 Å². The Kier molecular flexibility index (Phi) is 4.52. The molecule has 0 atom stereocenters. The van der Waals surface area contributed by atoms with Crippen LogP contribution < -0.4 is 5.32 Å². The van der Waals surface area contributed by atoms with Crippen molar-refractivity contribution in [3.8, 4) is 22.5 Å². The fraction of sp³-hybridized carbons (Fsp3) is 0.125. The number of aromatic nitrogens is 4. The van der Waals surface area contributed by atoms with E-state index in [-0.39, 0.29) is 5.91 Å². The van der Waals surface area contributed by atoms with Crippen LogP contribution >= 0.6 is 0 Å². The molecule has 5 rings (SSSR count). The van der Waals surface area contributed by atoms with Gasteiger partial charge in [-0.25, -0.2) is 0 Å². The van der Waals surface area contributed by atoms with E-state index in [1.807, 2.05) is 37.3 Å². The lowest BCUT2D eigenvalue weighted by Gasteiger charge is -2.07. The van der Waals surface area contributed by atoms with Crippen molar-refractivity contribution in [2.24, 2.45) is 0 Å². The van der Waals surface area contributed by atoms with Crippen molar-refractivity contribution in [2.45, 2.75) is 19.8 Å². The Balaban J connectivity index is 1.54. The number of H-pyrrole nitrogens is 2. The van der Waals surface area contributed by atoms with Crippen LogP contribution in [0, 0.1) is 0 Å². The number of nitrogens with zero attached hydrogens (tertiary/aromatic N) is 2. The number of fused-ring (bicyclic) bond motifs is 2. The second kappa shape index (κ2) is 7.48. The van der Waals surface area contributed by atoms with Crippen LogP contribution in [0.15, 0.2) is 67.0 Å². The molecule has 0 aliphatic heterocycles. The van der Waals surface area contributed by atoms with E-state index in [2.05, 4.69) is 49.7 Å². The molecular weight excluding hydrogens is 374 g/mol. The number of rotatable bonds is 5. The lowest BCUT2D eigenvalue weighted by molar-refractivity contribution is -0.116. The standard InChI is InChI=1S/C24H21N5O/c1-2-5-23(30)26-18-10-17(13-25-14-18)15-8-9-21-19(11-15)24(29-28-21)22-12-16-6-3-4-7-20(16)27-22/h3-4,6-14,27H,2,5H2,1H3,(H,26,30)(H,28,29). The van der Waals surface area contributed by atoms with Crippen molar-refractivity contribution in [3.05, 3.63) is 67.0 Å². The first-order chi connectivity index (χ1) is 14.7. The Labute approximate surface area is 173 Å². The van der Waals surface area contributed by atoms with Crippen LogP contribution in [-0.4, -0.2) is 26.1 Å². The molecule has 0 spiro atoms. The fourth-order valence-corrected chi connectivity index (χ4v) is 3.72. The zero-order chi connectivity index (χ0) is 20.5. The van der Waals surface area contributed by atoms with E-state index in [1.54, 1.807) is 12.4 Å². The van der Waals surface area contributed by atoms with Gasteiger partial charge in [0.2, 0.25) is 5.91 Å². The van der Waals surface area contributed by atoms with Crippen LogP contribution in [0.3, 0.4) is 0 Å². The number of hydrogen-bond donors (Lipinski definition) is 3. The quantitative estimate of drug-likeness (QED) is 0.367. The summed E-state index contributed by atoms with van der Waals surface area (Å²) in [5, 5.41) is 12.8. The lowest BCUT2D eigenvalue weighted by atomic mass is 10.0. The summed E-state index contributed by atoms with van der Waals surface area (Å²) in [6, 6.07) is 18.4. The SMILES string of the molecule is CCCC(=O)Nc1cncc(-c2ccc3[nH]nc(-c4cc5ccccc5[nH]4)c3c2)c1. The minimum Gasteiger partial charge on any atom is -0.353 e. The number of nitrogens with one attached hydrogen (secondary N) is 3. The van der Waals surface area contributed by atoms with Crippen LogP contribution in [0.5, 0.6) is 0 Å². The molecule has 2 aromatic carbocycles. The predicted molar refractivity (Wildman–Crippen MR) is 120 cm³/mol. The molecule has 0 aliphatic carbocycles. The highest BCUT2D eigenvalue weighted by Crippen LogP contribution is 2.32. The van der Waals surface area contributed by atoms with Gasteiger partial charge in [0.05, 0.1) is 23.1 Å². The first-order valence-corrected chi connectivity index (χ1v) is 10.0. The summed E-state index contributed by atoms with van der Waals surface area (Å²) in [5.41, 5.74) is 6.55. The normalized spacial score (nSPS) is 11.2. The molecule has 3 N–H and O–H groups in total. The Hall–Kier alpha value is -3.93. The van der Waals surface area contributed by atoms with Gasteiger partial charge < -0.3 is 10.3 Å². The lowest BCUT2D eigenvalue weighted by Crippen LogP contribution is -2.10. The van der Waals surface area contributed by atoms with Gasteiger partial charge in [-0.05, 0) is 42.3 Å². The number of hydrogen-bond acceptors (Lipinski definition) is 3. The molecule has 0 saturated carbocycles. The molecule has 30 heavy (non-hydrogen) atoms.